The molecule has 2 aromatic rings. The molecule has 4 unspecified atom stereocenters. The van der Waals surface area contributed by atoms with Gasteiger partial charge in [-0.2, -0.15) is 0 Å². The highest BCUT2D eigenvalue weighted by Gasteiger charge is 2.63. The normalized spacial score (nSPS) is 31.1. The summed E-state index contributed by atoms with van der Waals surface area (Å²) in [7, 11) is 0. The first-order valence-electron chi connectivity index (χ1n) is 10.1. The molecule has 5 heterocycles. The molecule has 8 nitrogen and oxygen atoms in total. The van der Waals surface area contributed by atoms with Crippen LogP contribution in [0.3, 0.4) is 0 Å². The minimum absolute atomic E-state index is 0.0802. The largest absolute Gasteiger partial charge is 0.470 e. The lowest BCUT2D eigenvalue weighted by atomic mass is 9.91. The molecule has 0 aliphatic carbocycles. The van der Waals surface area contributed by atoms with Crippen LogP contribution in [-0.2, 0) is 25.6 Å². The minimum atomic E-state index is -1.12. The number of hydrogen-bond donors (Lipinski definition) is 0. The molecule has 9 heteroatoms. The maximum absolute atomic E-state index is 12.5. The molecule has 2 bridgehead atoms. The van der Waals surface area contributed by atoms with Gasteiger partial charge in [-0.25, -0.2) is 14.6 Å². The van der Waals surface area contributed by atoms with Crippen LogP contribution in [0.2, 0.25) is 5.02 Å². The number of pyridine rings is 2. The summed E-state index contributed by atoms with van der Waals surface area (Å²) in [6, 6.07) is 7.26. The zero-order valence-electron chi connectivity index (χ0n) is 16.5. The molecule has 0 radical (unpaired) electrons. The molecule has 2 fully saturated rings. The highest BCUT2D eigenvalue weighted by atomic mass is 35.5. The molecule has 3 aliphatic rings. The Bertz CT molecular complexity index is 1020. The van der Waals surface area contributed by atoms with Gasteiger partial charge in [0, 0.05) is 62.2 Å². The number of fused-ring (bicyclic) bond motifs is 1. The lowest BCUT2D eigenvalue weighted by molar-refractivity contribution is -0.247. The summed E-state index contributed by atoms with van der Waals surface area (Å²) in [6.07, 6.45) is 7.70. The molecule has 0 saturated carbocycles. The quantitative estimate of drug-likeness (QED) is 0.669. The molecular weight excluding hydrogens is 422 g/mol. The van der Waals surface area contributed by atoms with Crippen molar-refractivity contribution in [3.63, 3.8) is 0 Å². The summed E-state index contributed by atoms with van der Waals surface area (Å²) < 4.78 is 17.9. The van der Waals surface area contributed by atoms with Gasteiger partial charge < -0.3 is 14.2 Å². The molecule has 160 valence electrons. The van der Waals surface area contributed by atoms with Crippen LogP contribution < -0.4 is 4.74 Å². The van der Waals surface area contributed by atoms with E-state index < -0.39 is 29.9 Å². The van der Waals surface area contributed by atoms with Gasteiger partial charge in [0.15, 0.2) is 6.10 Å². The summed E-state index contributed by atoms with van der Waals surface area (Å²) in [5.74, 6) is -0.813. The van der Waals surface area contributed by atoms with Crippen LogP contribution in [0, 0.1) is 0 Å². The van der Waals surface area contributed by atoms with Crippen LogP contribution in [-0.4, -0.2) is 50.8 Å². The Kier molecular flexibility index (Phi) is 5.11. The lowest BCUT2D eigenvalue weighted by Gasteiger charge is -2.50. The van der Waals surface area contributed by atoms with Crippen molar-refractivity contribution in [1.82, 2.24) is 14.9 Å². The van der Waals surface area contributed by atoms with Crippen molar-refractivity contribution < 1.29 is 23.8 Å². The second kappa shape index (κ2) is 7.94. The molecule has 0 N–H and O–H groups in total. The predicted molar refractivity (Wildman–Crippen MR) is 109 cm³/mol. The van der Waals surface area contributed by atoms with Gasteiger partial charge in [0.25, 0.3) is 0 Å². The summed E-state index contributed by atoms with van der Waals surface area (Å²) in [4.78, 5) is 35.3. The molecule has 31 heavy (non-hydrogen) atoms. The van der Waals surface area contributed by atoms with Crippen LogP contribution in [0.5, 0.6) is 5.88 Å². The summed E-state index contributed by atoms with van der Waals surface area (Å²) in [5, 5.41) is 0.493. The molecule has 4 atom stereocenters. The molecule has 2 aromatic heterocycles. The summed E-state index contributed by atoms with van der Waals surface area (Å²) in [6.45, 7) is 0.532. The van der Waals surface area contributed by atoms with Gasteiger partial charge in [-0.3, -0.25) is 9.88 Å². The van der Waals surface area contributed by atoms with E-state index in [0.717, 1.165) is 24.1 Å². The van der Waals surface area contributed by atoms with Crippen LogP contribution >= 0.6 is 11.6 Å². The van der Waals surface area contributed by atoms with Gasteiger partial charge in [-0.1, -0.05) is 11.6 Å². The molecule has 5 rings (SSSR count). The standard InChI is InChI=1S/C22H20ClN3O5/c23-15-1-2-18(25-12-15)29-17-11-16-5-8-22(26(16)13-14-6-9-24-10-7-14)21(17)30-19(27)3-4-20(28)31-22/h1-4,6-7,9-10,12,16-17,21H,5,8,11,13H2/b4-3+. The smallest absolute Gasteiger partial charge is 0.332 e. The predicted octanol–water partition coefficient (Wildman–Crippen LogP) is 2.67. The number of carbonyl (C=O) groups excluding carboxylic acids is 2. The number of hydrogen-bond acceptors (Lipinski definition) is 8. The molecular formula is C22H20ClN3O5. The van der Waals surface area contributed by atoms with Crippen molar-refractivity contribution in [2.45, 2.75) is 49.8 Å². The van der Waals surface area contributed by atoms with Crippen molar-refractivity contribution in [2.75, 3.05) is 0 Å². The monoisotopic (exact) mass is 441 g/mol. The average molecular weight is 442 g/mol. The number of rotatable bonds is 4. The van der Waals surface area contributed by atoms with Crippen molar-refractivity contribution in [3.8, 4) is 5.88 Å². The van der Waals surface area contributed by atoms with E-state index >= 15 is 0 Å². The number of esters is 2. The second-order valence-corrected chi connectivity index (χ2v) is 8.28. The van der Waals surface area contributed by atoms with E-state index in [-0.39, 0.29) is 6.04 Å². The fourth-order valence-corrected chi connectivity index (χ4v) is 4.82. The van der Waals surface area contributed by atoms with Crippen molar-refractivity contribution in [2.24, 2.45) is 0 Å². The Morgan fingerprint density at radius 2 is 1.97 bits per heavy atom. The fourth-order valence-electron chi connectivity index (χ4n) is 4.70. The van der Waals surface area contributed by atoms with E-state index in [0.29, 0.717) is 30.3 Å². The SMILES string of the molecule is O=C1/C=C/C(=O)OC23CCC(CC(Oc4ccc(Cl)cn4)C2O1)N3Cc1ccncc1. The Morgan fingerprint density at radius 3 is 2.74 bits per heavy atom. The third-order valence-electron chi connectivity index (χ3n) is 6.00. The van der Waals surface area contributed by atoms with Gasteiger partial charge in [-0.15, -0.1) is 0 Å². The van der Waals surface area contributed by atoms with E-state index in [4.69, 9.17) is 25.8 Å². The van der Waals surface area contributed by atoms with Crippen LogP contribution in [0.4, 0.5) is 0 Å². The van der Waals surface area contributed by atoms with Crippen molar-refractivity contribution >= 4 is 23.5 Å². The maximum atomic E-state index is 12.5. The van der Waals surface area contributed by atoms with E-state index in [2.05, 4.69) is 14.9 Å². The first kappa shape index (κ1) is 20.0. The average Bonchev–Trinajstić information content (AvgIpc) is 3.01. The molecule has 0 amide bonds. The lowest BCUT2D eigenvalue weighted by Crippen LogP contribution is -2.67. The summed E-state index contributed by atoms with van der Waals surface area (Å²) in [5.41, 5.74) is -0.0976. The fraction of sp³-hybridized carbons (Fsp3) is 0.364. The van der Waals surface area contributed by atoms with Crippen LogP contribution in [0.25, 0.3) is 0 Å². The Balaban J connectivity index is 1.51. The number of piperidine rings is 1. The third kappa shape index (κ3) is 3.77. The van der Waals surface area contributed by atoms with Gasteiger partial charge in [-0.05, 0) is 30.2 Å². The molecule has 3 aliphatic heterocycles. The molecule has 0 aromatic carbocycles. The zero-order chi connectivity index (χ0) is 21.4. The van der Waals surface area contributed by atoms with Crippen molar-refractivity contribution in [3.05, 3.63) is 65.6 Å². The Morgan fingerprint density at radius 1 is 1.16 bits per heavy atom. The molecule has 1 spiro atoms. The van der Waals surface area contributed by atoms with Gasteiger partial charge in [0.05, 0.1) is 5.02 Å². The second-order valence-electron chi connectivity index (χ2n) is 7.84. The van der Waals surface area contributed by atoms with E-state index in [1.165, 1.54) is 6.20 Å². The summed E-state index contributed by atoms with van der Waals surface area (Å²) >= 11 is 5.93. The Hall–Kier alpha value is -2.97. The number of ether oxygens (including phenoxy) is 3. The maximum Gasteiger partial charge on any atom is 0.332 e. The number of nitrogens with zero attached hydrogens (tertiary/aromatic N) is 3. The van der Waals surface area contributed by atoms with Crippen LogP contribution in [0.15, 0.2) is 55.0 Å². The highest BCUT2D eigenvalue weighted by molar-refractivity contribution is 6.30. The molecule has 2 saturated heterocycles. The topological polar surface area (TPSA) is 90.9 Å². The van der Waals surface area contributed by atoms with E-state index in [9.17, 15) is 9.59 Å². The number of carbonyl (C=O) groups is 2. The van der Waals surface area contributed by atoms with Crippen LogP contribution in [0.1, 0.15) is 24.8 Å². The van der Waals surface area contributed by atoms with E-state index in [1.54, 1.807) is 24.5 Å². The Labute approximate surface area is 183 Å². The number of halogens is 1. The highest BCUT2D eigenvalue weighted by Crippen LogP contribution is 2.48. The first-order valence-corrected chi connectivity index (χ1v) is 10.5. The van der Waals surface area contributed by atoms with E-state index in [1.807, 2.05) is 12.1 Å². The van der Waals surface area contributed by atoms with Crippen molar-refractivity contribution in [1.29, 1.82) is 0 Å². The zero-order valence-corrected chi connectivity index (χ0v) is 17.3. The number of aromatic nitrogens is 2. The van der Waals surface area contributed by atoms with Gasteiger partial charge in [0.2, 0.25) is 11.6 Å². The third-order valence-corrected chi connectivity index (χ3v) is 6.22. The van der Waals surface area contributed by atoms with Gasteiger partial charge in [0.1, 0.15) is 6.10 Å². The van der Waals surface area contributed by atoms with Gasteiger partial charge >= 0.3 is 11.9 Å². The first-order chi connectivity index (χ1) is 15.0. The minimum Gasteiger partial charge on any atom is -0.470 e.